The summed E-state index contributed by atoms with van der Waals surface area (Å²) in [5, 5.41) is 8.29. The molecule has 0 unspecified atom stereocenters. The molecule has 0 aliphatic carbocycles. The van der Waals surface area contributed by atoms with Crippen LogP contribution in [0.15, 0.2) is 72.8 Å². The van der Waals surface area contributed by atoms with E-state index in [1.807, 2.05) is 69.3 Å². The Labute approximate surface area is 258 Å². The van der Waals surface area contributed by atoms with Crippen molar-refractivity contribution >= 4 is 23.6 Å². The van der Waals surface area contributed by atoms with E-state index in [1.54, 1.807) is 29.2 Å². The summed E-state index contributed by atoms with van der Waals surface area (Å²) in [5.74, 6) is -0.865. The molecule has 44 heavy (non-hydrogen) atoms. The maximum Gasteiger partial charge on any atom is 0.255 e. The smallest absolute Gasteiger partial charge is 0.255 e. The molecule has 3 aromatic carbocycles. The molecule has 232 valence electrons. The molecule has 10 nitrogen and oxygen atoms in total. The first-order chi connectivity index (χ1) is 21.3. The van der Waals surface area contributed by atoms with Crippen molar-refractivity contribution in [1.82, 2.24) is 20.9 Å². The molecule has 0 radical (unpaired) electrons. The van der Waals surface area contributed by atoms with E-state index in [1.165, 1.54) is 0 Å². The Morgan fingerprint density at radius 2 is 1.73 bits per heavy atom. The van der Waals surface area contributed by atoms with Crippen molar-refractivity contribution in [2.45, 2.75) is 45.7 Å². The van der Waals surface area contributed by atoms with Gasteiger partial charge in [0.05, 0.1) is 25.1 Å². The van der Waals surface area contributed by atoms with E-state index in [4.69, 9.17) is 9.47 Å². The number of nitrogens with one attached hydrogen (secondary N) is 3. The van der Waals surface area contributed by atoms with Crippen molar-refractivity contribution in [2.75, 3.05) is 32.8 Å². The molecule has 1 aliphatic rings. The number of hydrogen-bond donors (Lipinski definition) is 3. The van der Waals surface area contributed by atoms with Crippen LogP contribution in [-0.4, -0.2) is 73.5 Å². The SMILES string of the molecule is CCN1CCOc2ccccc2C(=O)N[C@H](C(=O)NCCOc2cccc(C)c2C)CC(=O)N[C@H](Cc2ccccc2)C1=O. The number of ether oxygens (including phenoxy) is 2. The minimum Gasteiger partial charge on any atom is -0.491 e. The van der Waals surface area contributed by atoms with Crippen LogP contribution >= 0.6 is 0 Å². The Balaban J connectivity index is 1.54. The number of amides is 4. The molecule has 0 saturated carbocycles. The van der Waals surface area contributed by atoms with Gasteiger partial charge >= 0.3 is 0 Å². The van der Waals surface area contributed by atoms with Crippen LogP contribution in [0.2, 0.25) is 0 Å². The van der Waals surface area contributed by atoms with Gasteiger partial charge in [0.1, 0.15) is 36.8 Å². The number of carbonyl (C=O) groups excluding carboxylic acids is 4. The van der Waals surface area contributed by atoms with Crippen LogP contribution in [-0.2, 0) is 20.8 Å². The molecule has 0 aromatic heterocycles. The Hall–Kier alpha value is -4.86. The maximum absolute atomic E-state index is 13.6. The van der Waals surface area contributed by atoms with Gasteiger partial charge in [-0.05, 0) is 55.7 Å². The minimum absolute atomic E-state index is 0.139. The summed E-state index contributed by atoms with van der Waals surface area (Å²) in [6.45, 7) is 6.97. The van der Waals surface area contributed by atoms with Crippen molar-refractivity contribution < 1.29 is 28.7 Å². The lowest BCUT2D eigenvalue weighted by Crippen LogP contribution is -2.54. The van der Waals surface area contributed by atoms with E-state index in [9.17, 15) is 19.2 Å². The molecule has 1 heterocycles. The number of fused-ring (bicyclic) bond motifs is 1. The zero-order chi connectivity index (χ0) is 31.5. The zero-order valence-electron chi connectivity index (χ0n) is 25.4. The first-order valence-electron chi connectivity index (χ1n) is 14.9. The van der Waals surface area contributed by atoms with Crippen molar-refractivity contribution in [1.29, 1.82) is 0 Å². The number of carbonyl (C=O) groups is 4. The summed E-state index contributed by atoms with van der Waals surface area (Å²) in [4.78, 5) is 55.3. The van der Waals surface area contributed by atoms with E-state index in [0.29, 0.717) is 12.3 Å². The molecule has 0 saturated heterocycles. The highest BCUT2D eigenvalue weighted by atomic mass is 16.5. The number of likely N-dealkylation sites (N-methyl/N-ethyl adjacent to an activating group) is 1. The Morgan fingerprint density at radius 1 is 0.977 bits per heavy atom. The molecule has 0 spiro atoms. The van der Waals surface area contributed by atoms with E-state index in [-0.39, 0.29) is 50.6 Å². The van der Waals surface area contributed by atoms with E-state index < -0.39 is 29.8 Å². The normalized spacial score (nSPS) is 17.8. The van der Waals surface area contributed by atoms with Crippen LogP contribution in [0.4, 0.5) is 0 Å². The summed E-state index contributed by atoms with van der Waals surface area (Å²) >= 11 is 0. The Bertz CT molecular complexity index is 1460. The summed E-state index contributed by atoms with van der Waals surface area (Å²) in [7, 11) is 0. The molecule has 3 N–H and O–H groups in total. The largest absolute Gasteiger partial charge is 0.491 e. The summed E-state index contributed by atoms with van der Waals surface area (Å²) < 4.78 is 11.8. The molecule has 3 aromatic rings. The summed E-state index contributed by atoms with van der Waals surface area (Å²) in [6.07, 6.45) is -0.103. The second-order valence-corrected chi connectivity index (χ2v) is 10.6. The number of benzene rings is 3. The second kappa shape index (κ2) is 15.6. The van der Waals surface area contributed by atoms with Gasteiger partial charge in [-0.15, -0.1) is 0 Å². The topological polar surface area (TPSA) is 126 Å². The van der Waals surface area contributed by atoms with Gasteiger partial charge < -0.3 is 30.3 Å². The molecular weight excluding hydrogens is 560 g/mol. The molecule has 2 atom stereocenters. The van der Waals surface area contributed by atoms with Gasteiger partial charge in [-0.2, -0.15) is 0 Å². The predicted molar refractivity (Wildman–Crippen MR) is 167 cm³/mol. The van der Waals surface area contributed by atoms with Gasteiger partial charge in [-0.25, -0.2) is 0 Å². The van der Waals surface area contributed by atoms with Crippen LogP contribution in [0.25, 0.3) is 0 Å². The van der Waals surface area contributed by atoms with Crippen LogP contribution in [0.5, 0.6) is 11.5 Å². The van der Waals surface area contributed by atoms with Gasteiger partial charge in [0.15, 0.2) is 0 Å². The molecule has 4 amide bonds. The lowest BCUT2D eigenvalue weighted by molar-refractivity contribution is -0.137. The standard InChI is InChI=1S/C34H40N4O6/c1-4-38-18-20-44-30-15-9-8-14-26(30)32(40)37-27(33(41)35-17-19-43-29-16-10-11-23(2)24(29)3)22-31(39)36-28(34(38)42)21-25-12-6-5-7-13-25/h5-16,27-28H,4,17-22H2,1-3H3,(H,35,41)(H,36,39)(H,37,40)/t27-,28+/m0/s1. The van der Waals surface area contributed by atoms with Crippen LogP contribution in [0, 0.1) is 13.8 Å². The van der Waals surface area contributed by atoms with Gasteiger partial charge in [0.25, 0.3) is 5.91 Å². The van der Waals surface area contributed by atoms with Crippen LogP contribution in [0.3, 0.4) is 0 Å². The average molecular weight is 601 g/mol. The Morgan fingerprint density at radius 3 is 2.50 bits per heavy atom. The molecule has 4 rings (SSSR count). The molecule has 10 heteroatoms. The number of hydrogen-bond acceptors (Lipinski definition) is 6. The summed E-state index contributed by atoms with van der Waals surface area (Å²) in [6, 6.07) is 19.7. The lowest BCUT2D eigenvalue weighted by atomic mass is 10.0. The molecular formula is C34H40N4O6. The summed E-state index contributed by atoms with van der Waals surface area (Å²) in [5.41, 5.74) is 3.20. The third-order valence-corrected chi connectivity index (χ3v) is 7.58. The van der Waals surface area contributed by atoms with Gasteiger partial charge in [-0.1, -0.05) is 54.6 Å². The fraction of sp³-hybridized carbons (Fsp3) is 0.353. The van der Waals surface area contributed by atoms with Crippen molar-refractivity contribution in [3.63, 3.8) is 0 Å². The average Bonchev–Trinajstić information content (AvgIpc) is 3.02. The third-order valence-electron chi connectivity index (χ3n) is 7.58. The number of para-hydroxylation sites is 1. The third kappa shape index (κ3) is 8.59. The first-order valence-corrected chi connectivity index (χ1v) is 14.9. The van der Waals surface area contributed by atoms with E-state index >= 15 is 0 Å². The quantitative estimate of drug-likeness (QED) is 0.342. The van der Waals surface area contributed by atoms with Crippen molar-refractivity contribution in [3.05, 3.63) is 95.1 Å². The number of nitrogens with zero attached hydrogens (tertiary/aromatic N) is 1. The van der Waals surface area contributed by atoms with E-state index in [0.717, 1.165) is 22.4 Å². The fourth-order valence-electron chi connectivity index (χ4n) is 4.96. The zero-order valence-corrected chi connectivity index (χ0v) is 25.4. The number of aryl methyl sites for hydroxylation is 1. The van der Waals surface area contributed by atoms with E-state index in [2.05, 4.69) is 16.0 Å². The monoisotopic (exact) mass is 600 g/mol. The molecule has 1 aliphatic heterocycles. The fourth-order valence-corrected chi connectivity index (χ4v) is 4.96. The Kier molecular flexibility index (Phi) is 11.3. The van der Waals surface area contributed by atoms with Gasteiger partial charge in [-0.3, -0.25) is 19.2 Å². The molecule has 0 bridgehead atoms. The van der Waals surface area contributed by atoms with Crippen LogP contribution < -0.4 is 25.4 Å². The molecule has 0 fully saturated rings. The van der Waals surface area contributed by atoms with Crippen LogP contribution in [0.1, 0.15) is 40.4 Å². The van der Waals surface area contributed by atoms with Crippen molar-refractivity contribution in [2.24, 2.45) is 0 Å². The van der Waals surface area contributed by atoms with Crippen molar-refractivity contribution in [3.8, 4) is 11.5 Å². The van der Waals surface area contributed by atoms with Gasteiger partial charge in [0.2, 0.25) is 17.7 Å². The number of rotatable bonds is 8. The highest BCUT2D eigenvalue weighted by molar-refractivity contribution is 6.01. The second-order valence-electron chi connectivity index (χ2n) is 10.6. The lowest BCUT2D eigenvalue weighted by Gasteiger charge is -2.28. The maximum atomic E-state index is 13.6. The first kappa shape index (κ1) is 32.1. The minimum atomic E-state index is -1.21. The predicted octanol–water partition coefficient (Wildman–Crippen LogP) is 2.96. The highest BCUT2D eigenvalue weighted by Gasteiger charge is 2.30. The highest BCUT2D eigenvalue weighted by Crippen LogP contribution is 2.21. The van der Waals surface area contributed by atoms with Gasteiger partial charge in [0, 0.05) is 13.0 Å².